The van der Waals surface area contributed by atoms with Crippen molar-refractivity contribution in [3.63, 3.8) is 0 Å². The fraction of sp³-hybridized carbons (Fsp3) is 0.455. The van der Waals surface area contributed by atoms with Crippen molar-refractivity contribution >= 4 is 11.7 Å². The van der Waals surface area contributed by atoms with E-state index in [2.05, 4.69) is 35.9 Å². The average Bonchev–Trinajstić information content (AvgIpc) is 2.96. The lowest BCUT2D eigenvalue weighted by Crippen LogP contribution is -2.26. The molecule has 1 aromatic carbocycles. The molecule has 1 aromatic heterocycles. The van der Waals surface area contributed by atoms with Gasteiger partial charge < -0.3 is 20.1 Å². The van der Waals surface area contributed by atoms with Gasteiger partial charge in [-0.1, -0.05) is 26.8 Å². The van der Waals surface area contributed by atoms with Crippen LogP contribution in [-0.2, 0) is 6.42 Å². The van der Waals surface area contributed by atoms with Crippen LogP contribution in [-0.4, -0.2) is 34.3 Å². The molecule has 28 heavy (non-hydrogen) atoms. The molecule has 1 saturated heterocycles. The monoisotopic (exact) mass is 380 g/mol. The maximum atomic E-state index is 12.2. The summed E-state index contributed by atoms with van der Waals surface area (Å²) in [5.41, 5.74) is 3.32. The molecule has 0 amide bonds. The zero-order valence-corrected chi connectivity index (χ0v) is 16.2. The Morgan fingerprint density at radius 2 is 2.07 bits per heavy atom. The number of carboxylic acids is 1. The van der Waals surface area contributed by atoms with Gasteiger partial charge in [-0.2, -0.15) is 0 Å². The van der Waals surface area contributed by atoms with E-state index < -0.39 is 22.8 Å². The third-order valence-electron chi connectivity index (χ3n) is 7.51. The first-order valence-electron chi connectivity index (χ1n) is 9.83. The summed E-state index contributed by atoms with van der Waals surface area (Å²) in [5.74, 6) is -0.340. The van der Waals surface area contributed by atoms with E-state index >= 15 is 0 Å². The second kappa shape index (κ2) is 5.40. The van der Waals surface area contributed by atoms with E-state index in [1.165, 1.54) is 5.69 Å². The first-order chi connectivity index (χ1) is 13.2. The maximum absolute atomic E-state index is 12.2. The van der Waals surface area contributed by atoms with E-state index in [0.717, 1.165) is 36.1 Å². The molecule has 1 saturated carbocycles. The fourth-order valence-electron chi connectivity index (χ4n) is 5.56. The SMILES string of the molecule is CC1Cc2cc(N3C[C@@H]4[C@@H](C)[C@]4(C)C3)ccc2-c2[nH]c(=O)c(C(=O)O)c(O)c21. The second-order valence-electron chi connectivity index (χ2n) is 9.00. The molecule has 3 aliphatic rings. The van der Waals surface area contributed by atoms with Gasteiger partial charge in [0, 0.05) is 29.9 Å². The Labute approximate surface area is 162 Å². The molecule has 5 rings (SSSR count). The lowest BCUT2D eigenvalue weighted by atomic mass is 9.81. The largest absolute Gasteiger partial charge is 0.506 e. The van der Waals surface area contributed by atoms with Gasteiger partial charge in [-0.3, -0.25) is 4.79 Å². The van der Waals surface area contributed by atoms with Crippen LogP contribution in [0.25, 0.3) is 11.3 Å². The average molecular weight is 380 g/mol. The van der Waals surface area contributed by atoms with Crippen molar-refractivity contribution in [3.05, 3.63) is 45.2 Å². The van der Waals surface area contributed by atoms with Gasteiger partial charge in [0.2, 0.25) is 0 Å². The molecular weight excluding hydrogens is 356 g/mol. The normalized spacial score (nSPS) is 29.8. The minimum atomic E-state index is -1.41. The summed E-state index contributed by atoms with van der Waals surface area (Å²) in [6.45, 7) is 8.81. The molecule has 0 bridgehead atoms. The van der Waals surface area contributed by atoms with Gasteiger partial charge in [0.05, 0.1) is 5.69 Å². The molecule has 2 heterocycles. The van der Waals surface area contributed by atoms with E-state index in [1.807, 2.05) is 13.0 Å². The minimum absolute atomic E-state index is 0.0859. The Morgan fingerprint density at radius 1 is 1.32 bits per heavy atom. The molecule has 4 atom stereocenters. The highest BCUT2D eigenvalue weighted by Crippen LogP contribution is 2.63. The molecule has 0 radical (unpaired) electrons. The van der Waals surface area contributed by atoms with E-state index in [1.54, 1.807) is 0 Å². The number of aromatic amines is 1. The van der Waals surface area contributed by atoms with Gasteiger partial charge in [0.15, 0.2) is 5.56 Å². The summed E-state index contributed by atoms with van der Waals surface area (Å²) < 4.78 is 0. The molecule has 1 aliphatic heterocycles. The Morgan fingerprint density at radius 3 is 2.71 bits per heavy atom. The summed E-state index contributed by atoms with van der Waals surface area (Å²) in [5, 5.41) is 19.8. The number of nitrogens with one attached hydrogen (secondary N) is 1. The number of hydrogen-bond donors (Lipinski definition) is 3. The summed E-state index contributed by atoms with van der Waals surface area (Å²) >= 11 is 0. The number of hydrogen-bond acceptors (Lipinski definition) is 4. The Hall–Kier alpha value is -2.76. The quantitative estimate of drug-likeness (QED) is 0.744. The number of carboxylic acid groups (broad SMARTS) is 1. The van der Waals surface area contributed by atoms with Crippen LogP contribution in [0.4, 0.5) is 5.69 Å². The van der Waals surface area contributed by atoms with E-state index in [-0.39, 0.29) is 5.92 Å². The lowest BCUT2D eigenvalue weighted by Gasteiger charge is -2.29. The fourth-order valence-corrected chi connectivity index (χ4v) is 5.56. The van der Waals surface area contributed by atoms with Crippen molar-refractivity contribution in [2.75, 3.05) is 18.0 Å². The summed E-state index contributed by atoms with van der Waals surface area (Å²) in [4.78, 5) is 28.8. The number of aromatic nitrogens is 1. The Bertz CT molecular complexity index is 1090. The molecule has 2 aliphatic carbocycles. The maximum Gasteiger partial charge on any atom is 0.345 e. The molecule has 6 heteroatoms. The van der Waals surface area contributed by atoms with E-state index in [9.17, 15) is 19.8 Å². The number of aromatic carboxylic acids is 1. The zero-order chi connectivity index (χ0) is 20.0. The molecule has 2 fully saturated rings. The van der Waals surface area contributed by atoms with Crippen LogP contribution in [0.1, 0.15) is 48.2 Å². The number of nitrogens with zero attached hydrogens (tertiary/aromatic N) is 1. The predicted molar refractivity (Wildman–Crippen MR) is 106 cm³/mol. The highest BCUT2D eigenvalue weighted by Gasteiger charge is 2.63. The van der Waals surface area contributed by atoms with Crippen LogP contribution in [0.3, 0.4) is 0 Å². The number of anilines is 1. The van der Waals surface area contributed by atoms with Crippen LogP contribution in [0.2, 0.25) is 0 Å². The molecular formula is C22H24N2O4. The summed E-state index contributed by atoms with van der Waals surface area (Å²) in [6, 6.07) is 6.24. The topological polar surface area (TPSA) is 93.6 Å². The minimum Gasteiger partial charge on any atom is -0.506 e. The van der Waals surface area contributed by atoms with Gasteiger partial charge in [-0.15, -0.1) is 0 Å². The standard InChI is InChI=1S/C22H24N2O4/c1-10-6-12-7-13(24-8-15-11(2)22(15,3)9-24)4-5-14(12)18-16(10)19(25)17(21(27)28)20(26)23-18/h4-5,7,10-11,15H,6,8-9H2,1-3H3,(H,27,28)(H2,23,25,26)/t10?,11-,15-,22+/m1/s1. The van der Waals surface area contributed by atoms with Crippen molar-refractivity contribution < 1.29 is 15.0 Å². The number of rotatable bonds is 2. The van der Waals surface area contributed by atoms with Crippen LogP contribution in [0.5, 0.6) is 5.75 Å². The highest BCUT2D eigenvalue weighted by molar-refractivity contribution is 5.92. The van der Waals surface area contributed by atoms with Crippen LogP contribution in [0, 0.1) is 17.3 Å². The smallest absolute Gasteiger partial charge is 0.345 e. The lowest BCUT2D eigenvalue weighted by molar-refractivity contribution is 0.0691. The number of fused-ring (bicyclic) bond motifs is 4. The third kappa shape index (κ3) is 2.14. The third-order valence-corrected chi connectivity index (χ3v) is 7.51. The van der Waals surface area contributed by atoms with Crippen molar-refractivity contribution in [2.45, 2.75) is 33.1 Å². The number of benzene rings is 1. The van der Waals surface area contributed by atoms with Gasteiger partial charge in [-0.05, 0) is 47.3 Å². The van der Waals surface area contributed by atoms with Crippen LogP contribution in [0.15, 0.2) is 23.0 Å². The van der Waals surface area contributed by atoms with E-state index in [4.69, 9.17) is 0 Å². The van der Waals surface area contributed by atoms with Gasteiger partial charge in [0.25, 0.3) is 5.56 Å². The molecule has 1 unspecified atom stereocenters. The number of H-pyrrole nitrogens is 1. The molecule has 2 aromatic rings. The highest BCUT2D eigenvalue weighted by atomic mass is 16.4. The number of pyridine rings is 1. The number of aromatic hydroxyl groups is 1. The second-order valence-corrected chi connectivity index (χ2v) is 9.00. The predicted octanol–water partition coefficient (Wildman–Crippen LogP) is 3.20. The van der Waals surface area contributed by atoms with Crippen molar-refractivity contribution in [3.8, 4) is 17.0 Å². The number of carbonyl (C=O) groups is 1. The van der Waals surface area contributed by atoms with E-state index in [0.29, 0.717) is 23.1 Å². The molecule has 0 spiro atoms. The van der Waals surface area contributed by atoms with Crippen molar-refractivity contribution in [2.24, 2.45) is 17.3 Å². The Balaban J connectivity index is 1.58. The summed E-state index contributed by atoms with van der Waals surface area (Å²) in [7, 11) is 0. The van der Waals surface area contributed by atoms with Crippen molar-refractivity contribution in [1.82, 2.24) is 4.98 Å². The van der Waals surface area contributed by atoms with Crippen LogP contribution >= 0.6 is 0 Å². The first kappa shape index (κ1) is 17.3. The molecule has 146 valence electrons. The van der Waals surface area contributed by atoms with Gasteiger partial charge in [-0.25, -0.2) is 4.79 Å². The zero-order valence-electron chi connectivity index (χ0n) is 16.2. The van der Waals surface area contributed by atoms with Gasteiger partial charge in [0.1, 0.15) is 5.75 Å². The number of piperidine rings is 1. The van der Waals surface area contributed by atoms with Gasteiger partial charge >= 0.3 is 5.97 Å². The van der Waals surface area contributed by atoms with Crippen LogP contribution < -0.4 is 10.5 Å². The Kier molecular flexibility index (Phi) is 3.35. The molecule has 3 N–H and O–H groups in total. The summed E-state index contributed by atoms with van der Waals surface area (Å²) in [6.07, 6.45) is 0.694. The molecule has 6 nitrogen and oxygen atoms in total. The first-order valence-corrected chi connectivity index (χ1v) is 9.83. The van der Waals surface area contributed by atoms with Crippen molar-refractivity contribution in [1.29, 1.82) is 0 Å².